The number of H-pyrrole nitrogens is 1. The lowest BCUT2D eigenvalue weighted by Crippen LogP contribution is -2.28. The van der Waals surface area contributed by atoms with Crippen molar-refractivity contribution in [3.63, 3.8) is 0 Å². The number of nitrogens with one attached hydrogen (secondary N) is 3. The lowest BCUT2D eigenvalue weighted by atomic mass is 10.2. The molecule has 1 heterocycles. The zero-order valence-corrected chi connectivity index (χ0v) is 9.47. The van der Waals surface area contributed by atoms with Gasteiger partial charge in [0, 0.05) is 11.9 Å². The van der Waals surface area contributed by atoms with Gasteiger partial charge in [-0.05, 0) is 24.3 Å². The second-order valence-electron chi connectivity index (χ2n) is 3.57. The highest BCUT2D eigenvalue weighted by Crippen LogP contribution is 2.08. The molecule has 0 aliphatic rings. The fourth-order valence-corrected chi connectivity index (χ4v) is 1.36. The van der Waals surface area contributed by atoms with Gasteiger partial charge in [0.25, 0.3) is 0 Å². The van der Waals surface area contributed by atoms with E-state index < -0.39 is 0 Å². The summed E-state index contributed by atoms with van der Waals surface area (Å²) < 4.78 is 0. The zero-order valence-electron chi connectivity index (χ0n) is 9.47. The van der Waals surface area contributed by atoms with Gasteiger partial charge >= 0.3 is 6.03 Å². The summed E-state index contributed by atoms with van der Waals surface area (Å²) in [6.45, 7) is 0.377. The lowest BCUT2D eigenvalue weighted by Gasteiger charge is -2.06. The highest BCUT2D eigenvalue weighted by atomic mass is 16.2. The molecule has 0 fully saturated rings. The number of imidazole rings is 1. The van der Waals surface area contributed by atoms with E-state index in [2.05, 4.69) is 20.6 Å². The molecule has 1 aromatic heterocycles. The van der Waals surface area contributed by atoms with E-state index in [4.69, 9.17) is 5.26 Å². The molecule has 2 amide bonds. The van der Waals surface area contributed by atoms with Crippen molar-refractivity contribution in [1.82, 2.24) is 15.3 Å². The van der Waals surface area contributed by atoms with Crippen LogP contribution < -0.4 is 10.6 Å². The van der Waals surface area contributed by atoms with Gasteiger partial charge in [-0.3, -0.25) is 0 Å². The molecule has 0 saturated heterocycles. The fraction of sp³-hybridized carbons (Fsp3) is 0.0833. The third kappa shape index (κ3) is 3.09. The second kappa shape index (κ2) is 5.50. The molecule has 2 rings (SSSR count). The highest BCUT2D eigenvalue weighted by molar-refractivity contribution is 5.89. The Bertz CT molecular complexity index is 553. The largest absolute Gasteiger partial charge is 0.347 e. The minimum atomic E-state index is -0.311. The Labute approximate surface area is 104 Å². The number of urea groups is 1. The fourth-order valence-electron chi connectivity index (χ4n) is 1.36. The van der Waals surface area contributed by atoms with E-state index in [0.717, 1.165) is 5.69 Å². The summed E-state index contributed by atoms with van der Waals surface area (Å²) in [5.74, 6) is 0. The monoisotopic (exact) mass is 241 g/mol. The van der Waals surface area contributed by atoms with Crippen molar-refractivity contribution in [2.24, 2.45) is 0 Å². The molecule has 0 radical (unpaired) electrons. The average Bonchev–Trinajstić information content (AvgIpc) is 2.90. The summed E-state index contributed by atoms with van der Waals surface area (Å²) in [5.41, 5.74) is 2.01. The van der Waals surface area contributed by atoms with Crippen LogP contribution in [0.4, 0.5) is 10.5 Å². The van der Waals surface area contributed by atoms with Crippen LogP contribution in [-0.2, 0) is 6.54 Å². The molecule has 18 heavy (non-hydrogen) atoms. The van der Waals surface area contributed by atoms with E-state index >= 15 is 0 Å². The normalized spacial score (nSPS) is 9.50. The molecule has 0 aliphatic heterocycles. The maximum atomic E-state index is 11.5. The van der Waals surface area contributed by atoms with E-state index in [1.165, 1.54) is 0 Å². The van der Waals surface area contributed by atoms with E-state index in [1.807, 2.05) is 6.07 Å². The molecule has 0 aliphatic carbocycles. The predicted octanol–water partition coefficient (Wildman–Crippen LogP) is 1.60. The Hall–Kier alpha value is -2.81. The van der Waals surface area contributed by atoms with Crippen LogP contribution in [0.15, 0.2) is 36.8 Å². The molecule has 3 N–H and O–H groups in total. The SMILES string of the molecule is N#Cc1ccc(NC(=O)NCc2cnc[nH]2)cc1. The van der Waals surface area contributed by atoms with Gasteiger partial charge in [0.05, 0.1) is 30.2 Å². The van der Waals surface area contributed by atoms with E-state index in [-0.39, 0.29) is 6.03 Å². The van der Waals surface area contributed by atoms with Gasteiger partial charge in [0.1, 0.15) is 0 Å². The van der Waals surface area contributed by atoms with Crippen molar-refractivity contribution in [2.45, 2.75) is 6.54 Å². The van der Waals surface area contributed by atoms with Crippen LogP contribution in [0.2, 0.25) is 0 Å². The average molecular weight is 241 g/mol. The predicted molar refractivity (Wildman–Crippen MR) is 65.6 cm³/mol. The molecule has 1 aromatic carbocycles. The van der Waals surface area contributed by atoms with Crippen molar-refractivity contribution >= 4 is 11.7 Å². The summed E-state index contributed by atoms with van der Waals surface area (Å²) in [7, 11) is 0. The van der Waals surface area contributed by atoms with Crippen LogP contribution in [0.1, 0.15) is 11.3 Å². The summed E-state index contributed by atoms with van der Waals surface area (Å²) in [6, 6.07) is 8.34. The summed E-state index contributed by atoms with van der Waals surface area (Å²) in [5, 5.41) is 14.0. The van der Waals surface area contributed by atoms with E-state index in [9.17, 15) is 4.79 Å². The molecule has 2 aromatic rings. The molecule has 0 bridgehead atoms. The number of anilines is 1. The minimum absolute atomic E-state index is 0.311. The van der Waals surface area contributed by atoms with Gasteiger partial charge < -0.3 is 15.6 Å². The lowest BCUT2D eigenvalue weighted by molar-refractivity contribution is 0.251. The quantitative estimate of drug-likeness (QED) is 0.761. The number of hydrogen-bond donors (Lipinski definition) is 3. The van der Waals surface area contributed by atoms with Gasteiger partial charge in [-0.1, -0.05) is 0 Å². The standard InChI is InChI=1S/C12H11N5O/c13-5-9-1-3-10(4-2-9)17-12(18)15-7-11-6-14-8-16-11/h1-4,6,8H,7H2,(H,14,16)(H2,15,17,18). The molecule has 0 atom stereocenters. The smallest absolute Gasteiger partial charge is 0.319 e. The first kappa shape index (κ1) is 11.7. The number of carbonyl (C=O) groups is 1. The van der Waals surface area contributed by atoms with Gasteiger partial charge in [0.15, 0.2) is 0 Å². The van der Waals surface area contributed by atoms with Crippen molar-refractivity contribution in [3.05, 3.63) is 48.0 Å². The topological polar surface area (TPSA) is 93.6 Å². The third-order valence-electron chi connectivity index (χ3n) is 2.27. The molecule has 90 valence electrons. The first-order chi connectivity index (χ1) is 8.78. The van der Waals surface area contributed by atoms with E-state index in [1.54, 1.807) is 36.8 Å². The van der Waals surface area contributed by atoms with Gasteiger partial charge in [-0.2, -0.15) is 5.26 Å². The Kier molecular flexibility index (Phi) is 3.56. The number of nitriles is 1. The van der Waals surface area contributed by atoms with Crippen LogP contribution in [0.3, 0.4) is 0 Å². The first-order valence-corrected chi connectivity index (χ1v) is 5.30. The van der Waals surface area contributed by atoms with Crippen LogP contribution in [0, 0.1) is 11.3 Å². The maximum Gasteiger partial charge on any atom is 0.319 e. The van der Waals surface area contributed by atoms with Crippen molar-refractivity contribution in [1.29, 1.82) is 5.26 Å². The first-order valence-electron chi connectivity index (χ1n) is 5.30. The van der Waals surface area contributed by atoms with Crippen molar-refractivity contribution in [2.75, 3.05) is 5.32 Å². The van der Waals surface area contributed by atoms with Gasteiger partial charge in [0.2, 0.25) is 0 Å². The van der Waals surface area contributed by atoms with E-state index in [0.29, 0.717) is 17.8 Å². The molecular weight excluding hydrogens is 230 g/mol. The number of amides is 2. The number of hydrogen-bond acceptors (Lipinski definition) is 3. The Morgan fingerprint density at radius 3 is 2.78 bits per heavy atom. The summed E-state index contributed by atoms with van der Waals surface area (Å²) >= 11 is 0. The number of benzene rings is 1. The van der Waals surface area contributed by atoms with Crippen LogP contribution in [0.5, 0.6) is 0 Å². The molecule has 0 saturated carbocycles. The van der Waals surface area contributed by atoms with Crippen LogP contribution in [0.25, 0.3) is 0 Å². The Morgan fingerprint density at radius 2 is 2.17 bits per heavy atom. The van der Waals surface area contributed by atoms with Crippen molar-refractivity contribution in [3.8, 4) is 6.07 Å². The Balaban J connectivity index is 1.85. The Morgan fingerprint density at radius 1 is 1.39 bits per heavy atom. The number of rotatable bonds is 3. The summed E-state index contributed by atoms with van der Waals surface area (Å²) in [6.07, 6.45) is 3.19. The highest BCUT2D eigenvalue weighted by Gasteiger charge is 2.02. The molecule has 0 unspecified atom stereocenters. The second-order valence-corrected chi connectivity index (χ2v) is 3.57. The number of aromatic amines is 1. The number of aromatic nitrogens is 2. The maximum absolute atomic E-state index is 11.5. The molecule has 0 spiro atoms. The minimum Gasteiger partial charge on any atom is -0.347 e. The number of nitrogens with zero attached hydrogens (tertiary/aromatic N) is 2. The van der Waals surface area contributed by atoms with Gasteiger partial charge in [-0.15, -0.1) is 0 Å². The zero-order chi connectivity index (χ0) is 12.8. The molecule has 6 heteroatoms. The van der Waals surface area contributed by atoms with Gasteiger partial charge in [-0.25, -0.2) is 9.78 Å². The number of carbonyl (C=O) groups excluding carboxylic acids is 1. The van der Waals surface area contributed by atoms with Crippen molar-refractivity contribution < 1.29 is 4.79 Å². The molecule has 6 nitrogen and oxygen atoms in total. The summed E-state index contributed by atoms with van der Waals surface area (Å²) in [4.78, 5) is 18.3. The van der Waals surface area contributed by atoms with Crippen LogP contribution in [-0.4, -0.2) is 16.0 Å². The van der Waals surface area contributed by atoms with Crippen LogP contribution >= 0.6 is 0 Å². The molecular formula is C12H11N5O. The third-order valence-corrected chi connectivity index (χ3v) is 2.27.